The maximum atomic E-state index is 15.2. The lowest BCUT2D eigenvalue weighted by Crippen LogP contribution is -2.66. The van der Waals surface area contributed by atoms with Gasteiger partial charge in [0.1, 0.15) is 5.75 Å². The van der Waals surface area contributed by atoms with Gasteiger partial charge >= 0.3 is 6.18 Å². The number of rotatable bonds is 8. The lowest BCUT2D eigenvalue weighted by Gasteiger charge is -2.35. The monoisotopic (exact) mass is 576 g/mol. The van der Waals surface area contributed by atoms with Crippen LogP contribution in [-0.2, 0) is 16.1 Å². The molecule has 0 saturated heterocycles. The van der Waals surface area contributed by atoms with E-state index >= 15 is 13.2 Å². The van der Waals surface area contributed by atoms with Gasteiger partial charge in [0.05, 0.1) is 40.6 Å². The van der Waals surface area contributed by atoms with Gasteiger partial charge in [-0.05, 0) is 41.7 Å². The number of ether oxygens (including phenoxy) is 4. The van der Waals surface area contributed by atoms with Gasteiger partial charge in [-0.1, -0.05) is 26.0 Å². The van der Waals surface area contributed by atoms with Gasteiger partial charge in [-0.3, -0.25) is 14.4 Å². The van der Waals surface area contributed by atoms with Crippen LogP contribution in [0.25, 0.3) is 0 Å². The number of alkyl halides is 3. The van der Waals surface area contributed by atoms with E-state index in [0.717, 1.165) is 17.0 Å². The highest BCUT2D eigenvalue weighted by Crippen LogP contribution is 2.52. The highest BCUT2D eigenvalue weighted by molar-refractivity contribution is 6.14. The van der Waals surface area contributed by atoms with Crippen molar-refractivity contribution < 1.29 is 46.5 Å². The summed E-state index contributed by atoms with van der Waals surface area (Å²) in [6.07, 6.45) is -5.56. The van der Waals surface area contributed by atoms with Crippen LogP contribution in [0.5, 0.6) is 23.0 Å². The van der Waals surface area contributed by atoms with E-state index < -0.39 is 40.3 Å². The normalized spacial score (nSPS) is 20.1. The predicted octanol–water partition coefficient (Wildman–Crippen LogP) is 4.44. The van der Waals surface area contributed by atoms with Crippen LogP contribution in [0, 0.1) is 5.41 Å². The number of halogens is 3. The molecule has 41 heavy (non-hydrogen) atoms. The Morgan fingerprint density at radius 1 is 0.927 bits per heavy atom. The van der Waals surface area contributed by atoms with Crippen LogP contribution in [-0.4, -0.2) is 62.7 Å². The topological polar surface area (TPSA) is 103 Å². The maximum absolute atomic E-state index is 15.2. The van der Waals surface area contributed by atoms with Crippen molar-refractivity contribution >= 4 is 17.6 Å². The summed E-state index contributed by atoms with van der Waals surface area (Å²) < 4.78 is 66.3. The van der Waals surface area contributed by atoms with Gasteiger partial charge in [0, 0.05) is 17.7 Å². The van der Waals surface area contributed by atoms with Crippen molar-refractivity contribution in [3.05, 3.63) is 58.8 Å². The molecular weight excluding hydrogens is 545 g/mol. The molecule has 0 fully saturated rings. The van der Waals surface area contributed by atoms with Crippen LogP contribution >= 0.6 is 0 Å². The first-order valence-corrected chi connectivity index (χ1v) is 12.6. The molecular formula is C29H31F3N2O7. The van der Waals surface area contributed by atoms with Crippen molar-refractivity contribution in [2.75, 3.05) is 28.4 Å². The minimum Gasteiger partial charge on any atom is -0.497 e. The second-order valence-electron chi connectivity index (χ2n) is 10.6. The molecule has 0 radical (unpaired) electrons. The highest BCUT2D eigenvalue weighted by Gasteiger charge is 2.71. The standard InChI is InChI=1S/C29H31F3N2O7/c1-27(2)13-19-23(20(35)14-27)28(29(30,31)32,26(37)34(19)15-16-7-9-18(38-3)10-8-16)33-25(36)17-11-21(39-4)24(41-6)22(12-17)40-5/h7-12H,13-15H2,1-6H3,(H,33,36). The number of hydrogen-bond donors (Lipinski definition) is 1. The summed E-state index contributed by atoms with van der Waals surface area (Å²) in [4.78, 5) is 41.8. The molecule has 1 N–H and O–H groups in total. The maximum Gasteiger partial charge on any atom is 0.425 e. The summed E-state index contributed by atoms with van der Waals surface area (Å²) in [5, 5.41) is 1.92. The number of ketones is 1. The number of nitrogens with one attached hydrogen (secondary N) is 1. The van der Waals surface area contributed by atoms with E-state index in [1.807, 2.05) is 5.32 Å². The van der Waals surface area contributed by atoms with Crippen LogP contribution in [0.1, 0.15) is 42.6 Å². The minimum atomic E-state index is -5.35. The van der Waals surface area contributed by atoms with Gasteiger partial charge in [0.25, 0.3) is 11.8 Å². The Balaban J connectivity index is 1.86. The molecule has 1 atom stereocenters. The van der Waals surface area contributed by atoms with Crippen molar-refractivity contribution in [3.63, 3.8) is 0 Å². The molecule has 1 unspecified atom stereocenters. The van der Waals surface area contributed by atoms with Gasteiger partial charge in [-0.2, -0.15) is 13.2 Å². The number of hydrogen-bond acceptors (Lipinski definition) is 7. The highest BCUT2D eigenvalue weighted by atomic mass is 19.4. The fourth-order valence-electron chi connectivity index (χ4n) is 5.36. The van der Waals surface area contributed by atoms with Crippen molar-refractivity contribution in [2.24, 2.45) is 5.41 Å². The number of carbonyl (C=O) groups is 3. The SMILES string of the molecule is COc1ccc(CN2C(=O)C(NC(=O)c3cc(OC)c(OC)c(OC)c3)(C(F)(F)F)C3=C2CC(C)(C)CC3=O)cc1. The third-order valence-electron chi connectivity index (χ3n) is 7.27. The van der Waals surface area contributed by atoms with Gasteiger partial charge in [0.2, 0.25) is 11.3 Å². The van der Waals surface area contributed by atoms with Crippen LogP contribution in [0.3, 0.4) is 0 Å². The molecule has 2 aliphatic rings. The molecule has 9 nitrogen and oxygen atoms in total. The van der Waals surface area contributed by atoms with Crippen LogP contribution in [0.4, 0.5) is 13.2 Å². The third kappa shape index (κ3) is 5.07. The van der Waals surface area contributed by atoms with Crippen molar-refractivity contribution in [1.82, 2.24) is 10.2 Å². The second kappa shape index (κ2) is 10.6. The Hall–Kier alpha value is -4.22. The van der Waals surface area contributed by atoms with Gasteiger partial charge < -0.3 is 29.2 Å². The van der Waals surface area contributed by atoms with Crippen molar-refractivity contribution in [3.8, 4) is 23.0 Å². The summed E-state index contributed by atoms with van der Waals surface area (Å²) in [5.74, 6) is -2.89. The van der Waals surface area contributed by atoms with Crippen molar-refractivity contribution in [2.45, 2.75) is 44.9 Å². The zero-order valence-electron chi connectivity index (χ0n) is 23.5. The predicted molar refractivity (Wildman–Crippen MR) is 141 cm³/mol. The number of allylic oxidation sites excluding steroid dienone is 1. The Bertz CT molecular complexity index is 1390. The first-order chi connectivity index (χ1) is 19.2. The molecule has 0 spiro atoms. The molecule has 1 aliphatic carbocycles. The van der Waals surface area contributed by atoms with E-state index in [0.29, 0.717) is 11.3 Å². The van der Waals surface area contributed by atoms with E-state index in [-0.39, 0.29) is 47.9 Å². The Morgan fingerprint density at radius 2 is 1.51 bits per heavy atom. The number of carbonyl (C=O) groups excluding carboxylic acids is 3. The van der Waals surface area contributed by atoms with E-state index in [1.165, 1.54) is 28.4 Å². The smallest absolute Gasteiger partial charge is 0.425 e. The van der Waals surface area contributed by atoms with E-state index in [2.05, 4.69) is 0 Å². The Labute approximate surface area is 235 Å². The molecule has 0 saturated carbocycles. The number of Topliss-reactive ketones (excluding diaryl/α,β-unsaturated/α-hetero) is 1. The number of amides is 2. The van der Waals surface area contributed by atoms with E-state index in [4.69, 9.17) is 18.9 Å². The lowest BCUT2D eigenvalue weighted by atomic mass is 9.72. The molecule has 220 valence electrons. The molecule has 4 rings (SSSR count). The zero-order chi connectivity index (χ0) is 30.3. The Morgan fingerprint density at radius 3 is 2.00 bits per heavy atom. The summed E-state index contributed by atoms with van der Waals surface area (Å²) in [6, 6.07) is 8.79. The molecule has 1 aliphatic heterocycles. The third-order valence-corrected chi connectivity index (χ3v) is 7.27. The molecule has 2 amide bonds. The number of nitrogens with zero attached hydrogens (tertiary/aromatic N) is 1. The molecule has 0 bridgehead atoms. The van der Waals surface area contributed by atoms with Crippen LogP contribution < -0.4 is 24.3 Å². The van der Waals surface area contributed by atoms with E-state index in [9.17, 15) is 14.4 Å². The fourth-order valence-corrected chi connectivity index (χ4v) is 5.36. The van der Waals surface area contributed by atoms with Gasteiger partial charge in [-0.25, -0.2) is 0 Å². The number of benzene rings is 2. The lowest BCUT2D eigenvalue weighted by molar-refractivity contribution is -0.190. The Kier molecular flexibility index (Phi) is 7.72. The molecule has 1 heterocycles. The largest absolute Gasteiger partial charge is 0.497 e. The molecule has 0 aromatic heterocycles. The quantitative estimate of drug-likeness (QED) is 0.496. The minimum absolute atomic E-state index is 0.0207. The number of methoxy groups -OCH3 is 4. The van der Waals surface area contributed by atoms with Crippen LogP contribution in [0.15, 0.2) is 47.7 Å². The summed E-state index contributed by atoms with van der Waals surface area (Å²) in [7, 11) is 5.37. The van der Waals surface area contributed by atoms with Gasteiger partial charge in [-0.15, -0.1) is 0 Å². The van der Waals surface area contributed by atoms with Crippen molar-refractivity contribution in [1.29, 1.82) is 0 Å². The average Bonchev–Trinajstić information content (AvgIpc) is 3.15. The fraction of sp³-hybridized carbons (Fsp3) is 0.414. The molecule has 2 aromatic rings. The van der Waals surface area contributed by atoms with E-state index in [1.54, 1.807) is 38.1 Å². The molecule has 12 heteroatoms. The second-order valence-corrected chi connectivity index (χ2v) is 10.6. The van der Waals surface area contributed by atoms with Gasteiger partial charge in [0.15, 0.2) is 17.3 Å². The molecule has 2 aromatic carbocycles. The summed E-state index contributed by atoms with van der Waals surface area (Å²) in [6.45, 7) is 3.24. The zero-order valence-corrected chi connectivity index (χ0v) is 23.5. The van der Waals surface area contributed by atoms with Crippen LogP contribution in [0.2, 0.25) is 0 Å². The average molecular weight is 577 g/mol. The summed E-state index contributed by atoms with van der Waals surface area (Å²) in [5.41, 5.74) is -4.92. The summed E-state index contributed by atoms with van der Waals surface area (Å²) >= 11 is 0. The first-order valence-electron chi connectivity index (χ1n) is 12.6. The first kappa shape index (κ1) is 29.8.